The second kappa shape index (κ2) is 58.0. The van der Waals surface area contributed by atoms with Crippen LogP contribution in [0.5, 0.6) is 0 Å². The lowest BCUT2D eigenvalue weighted by Gasteiger charge is -2.34. The summed E-state index contributed by atoms with van der Waals surface area (Å²) in [6.07, 6.45) is 1.23. The van der Waals surface area contributed by atoms with Crippen molar-refractivity contribution in [2.75, 3.05) is 231 Å². The minimum Gasteiger partial charge on any atom is -0.379 e. The molecule has 0 bridgehead atoms. The predicted octanol–water partition coefficient (Wildman–Crippen LogP) is 13.7. The van der Waals surface area contributed by atoms with Gasteiger partial charge in [-0.1, -0.05) is 130 Å². The molecule has 0 aliphatic carbocycles. The van der Waals surface area contributed by atoms with Crippen molar-refractivity contribution in [2.45, 2.75) is 116 Å². The molecule has 3 amide bonds. The van der Waals surface area contributed by atoms with E-state index in [0.29, 0.717) is 98.8 Å². The van der Waals surface area contributed by atoms with E-state index in [1.165, 1.54) is 5.56 Å². The fraction of sp³-hybridized carbons (Fsp3) is 0.495. The molecule has 0 fully saturated rings. The van der Waals surface area contributed by atoms with Gasteiger partial charge in [-0.15, -0.1) is 0 Å². The molecule has 4 unspecified atom stereocenters. The molecule has 0 radical (unpaired) electrons. The fourth-order valence-corrected chi connectivity index (χ4v) is 24.2. The van der Waals surface area contributed by atoms with Gasteiger partial charge >= 0.3 is 11.8 Å². The zero-order chi connectivity index (χ0) is 104. The van der Waals surface area contributed by atoms with Crippen LogP contribution in [0.15, 0.2) is 165 Å². The van der Waals surface area contributed by atoms with Crippen molar-refractivity contribution in [3.63, 3.8) is 0 Å². The summed E-state index contributed by atoms with van der Waals surface area (Å²) in [5.41, 5.74) is 12.2. The number of Topliss-reactive ketones (excluding diaryl/α,β-unsaturated/α-hetero) is 1. The van der Waals surface area contributed by atoms with Gasteiger partial charge in [0.05, 0.1) is 143 Å². The highest BCUT2D eigenvalue weighted by atomic mass is 35.5. The van der Waals surface area contributed by atoms with Gasteiger partial charge in [0, 0.05) is 170 Å². The molecule has 4 aliphatic heterocycles. The smallest absolute Gasteiger partial charge is 0.309 e. The van der Waals surface area contributed by atoms with E-state index in [1.807, 2.05) is 87.9 Å². The second-order valence-electron chi connectivity index (χ2n) is 36.6. The maximum Gasteiger partial charge on any atom is 0.309 e. The molecule has 8 aromatic carbocycles. The Hall–Kier alpha value is -6.97. The highest BCUT2D eigenvalue weighted by molar-refractivity contribution is 7.91. The number of nitrogens with one attached hydrogen (secondary N) is 5. The van der Waals surface area contributed by atoms with Gasteiger partial charge in [0.2, 0.25) is 26.0 Å². The summed E-state index contributed by atoms with van der Waals surface area (Å²) in [4.78, 5) is 59.6. The first-order valence-corrected chi connectivity index (χ1v) is 57.2. The normalized spacial score (nSPS) is 16.4. The number of benzene rings is 8. The molecule has 145 heavy (non-hydrogen) atoms. The Kier molecular flexibility index (Phi) is 47.3. The molecule has 8 aromatic rings. The highest BCUT2D eigenvalue weighted by Gasteiger charge is 2.37. The number of likely N-dealkylation sites (N-methyl/N-ethyl adjacent to an activating group) is 4. The summed E-state index contributed by atoms with van der Waals surface area (Å²) in [6, 6.07) is 42.9. The van der Waals surface area contributed by atoms with Gasteiger partial charge in [0.1, 0.15) is 11.2 Å². The summed E-state index contributed by atoms with van der Waals surface area (Å²) in [6.45, 7) is 16.6. The Morgan fingerprint density at radius 1 is 0.331 bits per heavy atom. The Bertz CT molecular complexity index is 5770. The van der Waals surface area contributed by atoms with Crippen LogP contribution in [0, 0.1) is 12.3 Å². The number of hydrogen-bond donors (Lipinski definition) is 5. The third-order valence-corrected chi connectivity index (χ3v) is 33.6. The van der Waals surface area contributed by atoms with E-state index in [9.17, 15) is 52.8 Å². The number of rotatable bonds is 57. The van der Waals surface area contributed by atoms with Crippen LogP contribution in [0.3, 0.4) is 0 Å². The minimum absolute atomic E-state index is 0.00224. The van der Waals surface area contributed by atoms with Crippen LogP contribution in [0.2, 0.25) is 35.2 Å². The van der Waals surface area contributed by atoms with E-state index in [4.69, 9.17) is 129 Å². The quantitative estimate of drug-likeness (QED) is 0.0134. The van der Waals surface area contributed by atoms with Crippen LogP contribution >= 0.6 is 81.2 Å². The van der Waals surface area contributed by atoms with E-state index in [1.54, 1.807) is 92.7 Å². The minimum atomic E-state index is -3.81. The lowest BCUT2D eigenvalue weighted by molar-refractivity contribution is -0.140. The SMILES string of the molecule is CN1Cc2c(Cl)cc(Cl)cc2C(c2ccc(S(=O)(=O)CCCOCCOCCOCCNC(=O)C(=O)NCCOCCOCCOCCNS(=O)(=O)c3ccc(C4CN(C)Cc5c(Cl)cc(Cl)cc54)cc3)cc2)C1.Cc1cc(Cl)cc2c1CN(C)CC2c1cccc(S(=O)(=O)CCCOCCOCCNC(=O)C(C)(C)C(=O)CCCOCCOCCNS(=O)(=O)c2cccc(C3CN(C)Cc4c(Cl)cc(Cl)cc43)c2)c1. The number of sulfonamides is 2. The number of carbonyl (C=O) groups excluding carboxylic acids is 4. The average Bonchev–Trinajstić information content (AvgIpc) is 0.778. The number of fused-ring (bicyclic) bond motifs is 4. The van der Waals surface area contributed by atoms with E-state index in [0.717, 1.165) is 99.5 Å². The maximum absolute atomic E-state index is 13.3. The third kappa shape index (κ3) is 36.1. The second-order valence-corrected chi connectivity index (χ2v) is 47.3. The van der Waals surface area contributed by atoms with E-state index < -0.39 is 62.9 Å². The monoisotopic (exact) mass is 2220 g/mol. The Balaban J connectivity index is 0.000000276. The molecular weight excluding hydrogens is 2090 g/mol. The van der Waals surface area contributed by atoms with Crippen molar-refractivity contribution in [2.24, 2.45) is 5.41 Å². The summed E-state index contributed by atoms with van der Waals surface area (Å²) < 4.78 is 165. The largest absolute Gasteiger partial charge is 0.379 e. The van der Waals surface area contributed by atoms with Gasteiger partial charge in [0.25, 0.3) is 0 Å². The summed E-state index contributed by atoms with van der Waals surface area (Å²) in [5, 5.41) is 11.9. The van der Waals surface area contributed by atoms with Crippen LogP contribution in [0.4, 0.5) is 0 Å². The molecule has 12 rings (SSSR count). The van der Waals surface area contributed by atoms with Gasteiger partial charge in [-0.2, -0.15) is 0 Å². The number of halogens is 7. The molecule has 42 heteroatoms. The van der Waals surface area contributed by atoms with Crippen molar-refractivity contribution in [3.8, 4) is 0 Å². The molecule has 0 aromatic heterocycles. The van der Waals surface area contributed by atoms with Crippen LogP contribution in [-0.2, 0) is 132 Å². The van der Waals surface area contributed by atoms with Gasteiger partial charge in [0.15, 0.2) is 19.7 Å². The lowest BCUT2D eigenvalue weighted by Crippen LogP contribution is -2.43. The van der Waals surface area contributed by atoms with Gasteiger partial charge in [-0.05, 0) is 238 Å². The molecule has 5 N–H and O–H groups in total. The number of nitrogens with zero attached hydrogens (tertiary/aromatic N) is 4. The Morgan fingerprint density at radius 3 is 1.03 bits per heavy atom. The molecule has 794 valence electrons. The lowest BCUT2D eigenvalue weighted by atomic mass is 9.83. The number of carbonyl (C=O) groups is 4. The Labute approximate surface area is 887 Å². The molecule has 4 heterocycles. The van der Waals surface area contributed by atoms with Crippen molar-refractivity contribution < 1.29 is 100 Å². The molecule has 0 spiro atoms. The standard InChI is InChI=1S/C52H67Cl3N4O10S2.C51H65Cl4N5O12S2/c1-36-26-39(53)29-43-45(36)32-58(4)33-46(43)37-10-6-12-41(27-37)70(62,63)25-9-18-67-22-23-68-19-15-56-51(61)52(2,3)50(60)14-8-17-66-21-24-69-20-16-57-71(64,65)42-13-7-11-38(28-42)47-34-59(5)35-48-44(47)30-40(54)31-49(48)55;1-59-32-44(42-28-38(52)30-48(54)46(42)34-59)36-4-8-40(9-5-36)73(63,64)27-3-15-67-19-23-71-24-20-68-16-12-56-50(61)51(62)57-13-17-69-21-25-72-26-22-70-18-14-58-74(65,66)41-10-6-37(7-11-41)45-33-60(2)35-47-43(45)29-39(53)31-49(47)55/h6-7,10-13,26-31,46-47,57H,8-9,14-25,32-35H2,1-5H3,(H,56,61);4-11,28-31,44-45,58H,3,12-27,32-35H2,1-2H3,(H,56,61)(H,57,62). The van der Waals surface area contributed by atoms with Gasteiger partial charge in [-0.3, -0.25) is 19.2 Å². The number of sulfone groups is 2. The van der Waals surface area contributed by atoms with Crippen LogP contribution in [0.1, 0.15) is 136 Å². The van der Waals surface area contributed by atoms with Crippen molar-refractivity contribution in [1.29, 1.82) is 0 Å². The highest BCUT2D eigenvalue weighted by Crippen LogP contribution is 2.44. The summed E-state index contributed by atoms with van der Waals surface area (Å²) in [5.74, 6) is -2.39. The van der Waals surface area contributed by atoms with Crippen LogP contribution in [-0.4, -0.2) is 308 Å². The number of hydrogen-bond acceptors (Lipinski definition) is 26. The van der Waals surface area contributed by atoms with E-state index in [2.05, 4.69) is 59.0 Å². The third-order valence-electron chi connectivity index (χ3n) is 25.1. The zero-order valence-electron chi connectivity index (χ0n) is 82.8. The van der Waals surface area contributed by atoms with E-state index >= 15 is 0 Å². The van der Waals surface area contributed by atoms with Crippen LogP contribution in [0.25, 0.3) is 0 Å². The van der Waals surface area contributed by atoms with E-state index in [-0.39, 0.29) is 207 Å². The topological polar surface area (TPSA) is 370 Å². The number of ketones is 1. The number of amides is 3. The van der Waals surface area contributed by atoms with Crippen molar-refractivity contribution in [3.05, 3.63) is 253 Å². The van der Waals surface area contributed by atoms with Crippen molar-refractivity contribution >= 4 is 144 Å². The molecule has 31 nitrogen and oxygen atoms in total. The molecule has 4 atom stereocenters. The Morgan fingerprint density at radius 2 is 0.634 bits per heavy atom. The first kappa shape index (κ1) is 118. The summed E-state index contributed by atoms with van der Waals surface area (Å²) >= 11 is 44.9. The number of aryl methyl sites for hydroxylation is 1. The van der Waals surface area contributed by atoms with Crippen molar-refractivity contribution in [1.82, 2.24) is 45.0 Å². The molecular formula is C103H132Cl7N9O22S4. The fourth-order valence-electron chi connectivity index (χ4n) is 17.6. The first-order valence-electron chi connectivity index (χ1n) is 48.2. The summed E-state index contributed by atoms with van der Waals surface area (Å²) in [7, 11) is -6.48. The molecule has 0 saturated heterocycles. The maximum atomic E-state index is 13.3. The average molecular weight is 2220 g/mol. The van der Waals surface area contributed by atoms with Crippen LogP contribution < -0.4 is 25.4 Å². The number of ether oxygens (including phenoxy) is 10. The van der Waals surface area contributed by atoms with Gasteiger partial charge < -0.3 is 82.9 Å². The predicted molar refractivity (Wildman–Crippen MR) is 563 cm³/mol. The molecule has 0 saturated carbocycles. The zero-order valence-corrected chi connectivity index (χ0v) is 91.3. The van der Waals surface area contributed by atoms with Gasteiger partial charge in [-0.25, -0.2) is 43.1 Å². The molecule has 4 aliphatic rings. The first-order chi connectivity index (χ1) is 69.3.